The van der Waals surface area contributed by atoms with E-state index in [2.05, 4.69) is 0 Å². The van der Waals surface area contributed by atoms with Gasteiger partial charge < -0.3 is 9.47 Å². The van der Waals surface area contributed by atoms with Gasteiger partial charge in [0.2, 0.25) is 0 Å². The summed E-state index contributed by atoms with van der Waals surface area (Å²) in [6, 6.07) is 20.1. The van der Waals surface area contributed by atoms with Gasteiger partial charge in [-0.1, -0.05) is 35.9 Å². The third kappa shape index (κ3) is 5.81. The average molecular weight is 474 g/mol. The Morgan fingerprint density at radius 1 is 0.906 bits per heavy atom. The van der Waals surface area contributed by atoms with Crippen LogP contribution >= 0.6 is 11.6 Å². The Labute approximate surface area is 193 Å². The minimum Gasteiger partial charge on any atom is -0.497 e. The molecule has 3 aromatic carbocycles. The van der Waals surface area contributed by atoms with Crippen molar-refractivity contribution in [3.05, 3.63) is 88.9 Å². The predicted octanol–water partition coefficient (Wildman–Crippen LogP) is 4.85. The molecule has 3 aromatic rings. The number of methoxy groups -OCH3 is 1. The molecule has 0 saturated heterocycles. The minimum atomic E-state index is -3.88. The molecule has 0 atom stereocenters. The summed E-state index contributed by atoms with van der Waals surface area (Å²) in [5.41, 5.74) is 1.99. The second kappa shape index (κ2) is 10.5. The Bertz CT molecular complexity index is 1140. The third-order valence-corrected chi connectivity index (χ3v) is 6.81. The lowest BCUT2D eigenvalue weighted by atomic mass is 10.1. The van der Waals surface area contributed by atoms with Crippen LogP contribution in [0.25, 0.3) is 0 Å². The van der Waals surface area contributed by atoms with E-state index in [1.165, 1.54) is 23.5 Å². The number of benzene rings is 3. The van der Waals surface area contributed by atoms with Crippen LogP contribution in [-0.2, 0) is 32.5 Å². The van der Waals surface area contributed by atoms with Crippen LogP contribution in [0, 0.1) is 0 Å². The second-order valence-electron chi connectivity index (χ2n) is 6.96. The molecule has 168 valence electrons. The highest BCUT2D eigenvalue weighted by molar-refractivity contribution is 7.92. The fraction of sp³-hybridized carbons (Fsp3) is 0.208. The lowest BCUT2D eigenvalue weighted by molar-refractivity contribution is -0.142. The Balaban J connectivity index is 1.96. The summed E-state index contributed by atoms with van der Waals surface area (Å²) in [6.45, 7) is 2.17. The van der Waals surface area contributed by atoms with E-state index < -0.39 is 10.0 Å². The molecule has 3 rings (SSSR count). The van der Waals surface area contributed by atoms with Gasteiger partial charge in [0, 0.05) is 5.02 Å². The van der Waals surface area contributed by atoms with Gasteiger partial charge in [0.25, 0.3) is 10.0 Å². The van der Waals surface area contributed by atoms with Crippen molar-refractivity contribution in [2.24, 2.45) is 0 Å². The molecule has 6 nitrogen and oxygen atoms in total. The van der Waals surface area contributed by atoms with Gasteiger partial charge in [0.1, 0.15) is 5.75 Å². The fourth-order valence-electron chi connectivity index (χ4n) is 3.10. The average Bonchev–Trinajstić information content (AvgIpc) is 2.79. The van der Waals surface area contributed by atoms with E-state index in [1.54, 1.807) is 67.6 Å². The van der Waals surface area contributed by atoms with Gasteiger partial charge in [-0.2, -0.15) is 0 Å². The molecule has 0 N–H and O–H groups in total. The Morgan fingerprint density at radius 2 is 1.50 bits per heavy atom. The standard InChI is InChI=1S/C24H24ClNO5S/c1-3-31-24(27)16-18-6-10-21(11-7-18)26(17-19-4-8-20(25)9-5-19)32(28,29)23-14-12-22(30-2)13-15-23/h4-15H,3,16-17H2,1-2H3. The molecule has 0 aliphatic carbocycles. The second-order valence-corrected chi connectivity index (χ2v) is 9.26. The monoisotopic (exact) mass is 473 g/mol. The molecule has 0 heterocycles. The summed E-state index contributed by atoms with van der Waals surface area (Å²) in [4.78, 5) is 11.9. The molecule has 0 saturated carbocycles. The van der Waals surface area contributed by atoms with Crippen LogP contribution in [0.5, 0.6) is 5.75 Å². The van der Waals surface area contributed by atoms with Gasteiger partial charge in [-0.05, 0) is 66.6 Å². The molecule has 0 spiro atoms. The molecule has 0 unspecified atom stereocenters. The molecule has 0 amide bonds. The van der Waals surface area contributed by atoms with E-state index in [1.807, 2.05) is 0 Å². The number of halogens is 1. The van der Waals surface area contributed by atoms with Crippen LogP contribution in [0.2, 0.25) is 5.02 Å². The molecule has 0 aliphatic rings. The number of hydrogen-bond donors (Lipinski definition) is 0. The van der Waals surface area contributed by atoms with Crippen molar-refractivity contribution in [3.63, 3.8) is 0 Å². The van der Waals surface area contributed by atoms with Crippen molar-refractivity contribution in [3.8, 4) is 5.75 Å². The number of carbonyl (C=O) groups excluding carboxylic acids is 1. The zero-order valence-electron chi connectivity index (χ0n) is 17.8. The highest BCUT2D eigenvalue weighted by Gasteiger charge is 2.25. The van der Waals surface area contributed by atoms with Crippen LogP contribution in [0.15, 0.2) is 77.7 Å². The Kier molecular flexibility index (Phi) is 7.77. The van der Waals surface area contributed by atoms with Crippen molar-refractivity contribution in [2.75, 3.05) is 18.0 Å². The first-order valence-electron chi connectivity index (χ1n) is 9.99. The van der Waals surface area contributed by atoms with Gasteiger partial charge >= 0.3 is 5.97 Å². The van der Waals surface area contributed by atoms with Crippen LogP contribution < -0.4 is 9.04 Å². The maximum Gasteiger partial charge on any atom is 0.310 e. The highest BCUT2D eigenvalue weighted by Crippen LogP contribution is 2.28. The first-order valence-corrected chi connectivity index (χ1v) is 11.8. The van der Waals surface area contributed by atoms with Gasteiger partial charge in [-0.3, -0.25) is 9.10 Å². The summed E-state index contributed by atoms with van der Waals surface area (Å²) in [5, 5.41) is 0.571. The van der Waals surface area contributed by atoms with Crippen LogP contribution in [0.3, 0.4) is 0 Å². The number of sulfonamides is 1. The molecule has 0 radical (unpaired) electrons. The number of hydrogen-bond acceptors (Lipinski definition) is 5. The van der Waals surface area contributed by atoms with Crippen molar-refractivity contribution in [1.82, 2.24) is 0 Å². The molecule has 8 heteroatoms. The van der Waals surface area contributed by atoms with Gasteiger partial charge in [-0.15, -0.1) is 0 Å². The van der Waals surface area contributed by atoms with Gasteiger partial charge in [0.05, 0.1) is 37.3 Å². The first-order chi connectivity index (χ1) is 15.3. The van der Waals surface area contributed by atoms with E-state index in [-0.39, 0.29) is 23.8 Å². The molecule has 32 heavy (non-hydrogen) atoms. The van der Waals surface area contributed by atoms with Crippen LogP contribution in [-0.4, -0.2) is 28.1 Å². The lowest BCUT2D eigenvalue weighted by Gasteiger charge is -2.25. The summed E-state index contributed by atoms with van der Waals surface area (Å²) >= 11 is 5.98. The maximum atomic E-state index is 13.5. The predicted molar refractivity (Wildman–Crippen MR) is 125 cm³/mol. The minimum absolute atomic E-state index is 0.114. The molecular formula is C24H24ClNO5S. The van der Waals surface area contributed by atoms with E-state index in [4.69, 9.17) is 21.1 Å². The smallest absolute Gasteiger partial charge is 0.310 e. The molecule has 0 aromatic heterocycles. The third-order valence-electron chi connectivity index (χ3n) is 4.76. The summed E-state index contributed by atoms with van der Waals surface area (Å²) in [6.07, 6.45) is 0.122. The van der Waals surface area contributed by atoms with Crippen molar-refractivity contribution in [2.45, 2.75) is 24.8 Å². The lowest BCUT2D eigenvalue weighted by Crippen LogP contribution is -2.30. The zero-order chi connectivity index (χ0) is 23.1. The highest BCUT2D eigenvalue weighted by atomic mass is 35.5. The van der Waals surface area contributed by atoms with E-state index in [0.717, 1.165) is 11.1 Å². The molecule has 0 fully saturated rings. The Morgan fingerprint density at radius 3 is 2.06 bits per heavy atom. The van der Waals surface area contributed by atoms with Crippen molar-refractivity contribution >= 4 is 33.3 Å². The van der Waals surface area contributed by atoms with E-state index in [9.17, 15) is 13.2 Å². The Hall–Kier alpha value is -3.03. The summed E-state index contributed by atoms with van der Waals surface area (Å²) < 4.78 is 38.5. The number of ether oxygens (including phenoxy) is 2. The molecular weight excluding hydrogens is 450 g/mol. The van der Waals surface area contributed by atoms with E-state index >= 15 is 0 Å². The number of nitrogens with zero attached hydrogens (tertiary/aromatic N) is 1. The fourth-order valence-corrected chi connectivity index (χ4v) is 4.68. The zero-order valence-corrected chi connectivity index (χ0v) is 19.4. The number of anilines is 1. The van der Waals surface area contributed by atoms with Crippen molar-refractivity contribution < 1.29 is 22.7 Å². The maximum absolute atomic E-state index is 13.5. The number of rotatable bonds is 9. The normalized spacial score (nSPS) is 11.1. The quantitative estimate of drug-likeness (QED) is 0.415. The van der Waals surface area contributed by atoms with Crippen LogP contribution in [0.4, 0.5) is 5.69 Å². The summed E-state index contributed by atoms with van der Waals surface area (Å²) in [7, 11) is -2.36. The number of carbonyl (C=O) groups is 1. The van der Waals surface area contributed by atoms with Crippen LogP contribution in [0.1, 0.15) is 18.1 Å². The van der Waals surface area contributed by atoms with Gasteiger partial charge in [0.15, 0.2) is 0 Å². The number of esters is 1. The van der Waals surface area contributed by atoms with Gasteiger partial charge in [-0.25, -0.2) is 8.42 Å². The molecule has 0 aliphatic heterocycles. The first kappa shape index (κ1) is 23.6. The summed E-state index contributed by atoms with van der Waals surface area (Å²) in [5.74, 6) is 0.237. The van der Waals surface area contributed by atoms with E-state index in [0.29, 0.717) is 23.1 Å². The topological polar surface area (TPSA) is 72.9 Å². The van der Waals surface area contributed by atoms with Crippen molar-refractivity contribution in [1.29, 1.82) is 0 Å². The largest absolute Gasteiger partial charge is 0.497 e. The molecule has 0 bridgehead atoms. The SMILES string of the molecule is CCOC(=O)Cc1ccc(N(Cc2ccc(Cl)cc2)S(=O)(=O)c2ccc(OC)cc2)cc1.